The van der Waals surface area contributed by atoms with Gasteiger partial charge in [0.15, 0.2) is 4.34 Å². The van der Waals surface area contributed by atoms with Crippen LogP contribution in [-0.4, -0.2) is 25.4 Å². The van der Waals surface area contributed by atoms with E-state index in [0.29, 0.717) is 5.69 Å². The molecule has 18 heavy (non-hydrogen) atoms. The number of carboxylic acid groups (broad SMARTS) is 1. The number of carboxylic acids is 1. The highest BCUT2D eigenvalue weighted by atomic mass is 32.2. The van der Waals surface area contributed by atoms with E-state index in [1.807, 2.05) is 6.92 Å². The van der Waals surface area contributed by atoms with Crippen molar-refractivity contribution in [2.24, 2.45) is 0 Å². The summed E-state index contributed by atoms with van der Waals surface area (Å²) in [5.74, 6) is -0.137. The Morgan fingerprint density at radius 2 is 2.22 bits per heavy atom. The number of hydrogen-bond donors (Lipinski definition) is 1. The van der Waals surface area contributed by atoms with Gasteiger partial charge in [-0.1, -0.05) is 6.92 Å². The highest BCUT2D eigenvalue weighted by molar-refractivity contribution is 8.00. The van der Waals surface area contributed by atoms with Crippen molar-refractivity contribution in [1.29, 1.82) is 0 Å². The largest absolute Gasteiger partial charge is 0.478 e. The zero-order valence-electron chi connectivity index (χ0n) is 9.88. The summed E-state index contributed by atoms with van der Waals surface area (Å²) in [6.07, 6.45) is 0.807. The van der Waals surface area contributed by atoms with E-state index in [1.165, 1.54) is 23.3 Å². The van der Waals surface area contributed by atoms with E-state index in [0.717, 1.165) is 21.6 Å². The maximum absolute atomic E-state index is 10.9. The first-order chi connectivity index (χ1) is 8.60. The van der Waals surface area contributed by atoms with Gasteiger partial charge in [-0.05, 0) is 42.4 Å². The Morgan fingerprint density at radius 1 is 1.44 bits per heavy atom. The number of aromatic nitrogens is 3. The Labute approximate surface area is 112 Å². The van der Waals surface area contributed by atoms with E-state index in [-0.39, 0.29) is 5.56 Å². The fourth-order valence-corrected chi connectivity index (χ4v) is 3.00. The first-order valence-electron chi connectivity index (χ1n) is 5.31. The van der Waals surface area contributed by atoms with E-state index >= 15 is 0 Å². The van der Waals surface area contributed by atoms with Crippen LogP contribution < -0.4 is 0 Å². The second-order valence-corrected chi connectivity index (χ2v) is 5.54. The summed E-state index contributed by atoms with van der Waals surface area (Å²) in [5, 5.41) is 9.65. The lowest BCUT2D eigenvalue weighted by Gasteiger charge is -2.02. The third-order valence-corrected chi connectivity index (χ3v) is 3.97. The van der Waals surface area contributed by atoms with Gasteiger partial charge in [-0.2, -0.15) is 4.37 Å². The highest BCUT2D eigenvalue weighted by Gasteiger charge is 2.11. The number of aromatic carboxylic acids is 1. The standard InChI is InChI=1S/C11H11N3O2S2/c1-3-8-13-11(18-14-8)17-9-5-4-7(10(15)16)6(2)12-9/h4-5H,3H2,1-2H3,(H,15,16). The number of rotatable bonds is 4. The molecule has 0 bridgehead atoms. The number of carbonyl (C=O) groups is 1. The SMILES string of the molecule is CCc1nsc(Sc2ccc(C(=O)O)c(C)n2)n1. The second kappa shape index (κ2) is 5.45. The smallest absolute Gasteiger partial charge is 0.337 e. The minimum Gasteiger partial charge on any atom is -0.478 e. The zero-order chi connectivity index (χ0) is 13.1. The summed E-state index contributed by atoms with van der Waals surface area (Å²) in [7, 11) is 0. The lowest BCUT2D eigenvalue weighted by atomic mass is 10.2. The van der Waals surface area contributed by atoms with E-state index in [1.54, 1.807) is 19.1 Å². The molecule has 2 aromatic heterocycles. The van der Waals surface area contributed by atoms with Gasteiger partial charge in [0.1, 0.15) is 10.9 Å². The molecule has 0 aliphatic carbocycles. The number of nitrogens with zero attached hydrogens (tertiary/aromatic N) is 3. The monoisotopic (exact) mass is 281 g/mol. The van der Waals surface area contributed by atoms with Gasteiger partial charge in [0.2, 0.25) is 0 Å². The van der Waals surface area contributed by atoms with Gasteiger partial charge in [-0.25, -0.2) is 14.8 Å². The molecule has 0 radical (unpaired) electrons. The molecule has 0 saturated carbocycles. The summed E-state index contributed by atoms with van der Waals surface area (Å²) in [6, 6.07) is 3.25. The van der Waals surface area contributed by atoms with Crippen molar-refractivity contribution >= 4 is 29.3 Å². The molecule has 2 rings (SSSR count). The van der Waals surface area contributed by atoms with Crippen molar-refractivity contribution in [3.8, 4) is 0 Å². The second-order valence-electron chi connectivity index (χ2n) is 3.52. The third kappa shape index (κ3) is 2.85. The Balaban J connectivity index is 2.19. The topological polar surface area (TPSA) is 76.0 Å². The zero-order valence-corrected chi connectivity index (χ0v) is 11.5. The van der Waals surface area contributed by atoms with Gasteiger partial charge in [-0.3, -0.25) is 0 Å². The molecule has 0 aliphatic heterocycles. The van der Waals surface area contributed by atoms with Gasteiger partial charge in [-0.15, -0.1) is 0 Å². The molecule has 0 aliphatic rings. The Hall–Kier alpha value is -1.47. The Kier molecular flexibility index (Phi) is 3.93. The van der Waals surface area contributed by atoms with Crippen LogP contribution in [0, 0.1) is 6.92 Å². The van der Waals surface area contributed by atoms with Crippen molar-refractivity contribution in [1.82, 2.24) is 14.3 Å². The number of hydrogen-bond acceptors (Lipinski definition) is 6. The summed E-state index contributed by atoms with van der Waals surface area (Å²) in [4.78, 5) is 19.4. The molecule has 1 N–H and O–H groups in total. The summed E-state index contributed by atoms with van der Waals surface area (Å²) >= 11 is 2.73. The number of pyridine rings is 1. The molecule has 2 aromatic rings. The van der Waals surface area contributed by atoms with Gasteiger partial charge >= 0.3 is 5.97 Å². The molecule has 0 saturated heterocycles. The Morgan fingerprint density at radius 3 is 2.78 bits per heavy atom. The summed E-state index contributed by atoms with van der Waals surface area (Å²) < 4.78 is 5.01. The Bertz CT molecular complexity index is 583. The molecular formula is C11H11N3O2S2. The fourth-order valence-electron chi connectivity index (χ4n) is 1.33. The minimum absolute atomic E-state index is 0.228. The summed E-state index contributed by atoms with van der Waals surface area (Å²) in [5.41, 5.74) is 0.735. The van der Waals surface area contributed by atoms with Crippen LogP contribution in [-0.2, 0) is 6.42 Å². The summed E-state index contributed by atoms with van der Waals surface area (Å²) in [6.45, 7) is 3.69. The van der Waals surface area contributed by atoms with Crippen LogP contribution in [0.5, 0.6) is 0 Å². The normalized spacial score (nSPS) is 10.6. The van der Waals surface area contributed by atoms with Crippen LogP contribution in [0.25, 0.3) is 0 Å². The van der Waals surface area contributed by atoms with Crippen LogP contribution in [0.3, 0.4) is 0 Å². The predicted octanol–water partition coefficient (Wildman–Crippen LogP) is 2.65. The van der Waals surface area contributed by atoms with E-state index in [4.69, 9.17) is 5.11 Å². The molecule has 5 nitrogen and oxygen atoms in total. The van der Waals surface area contributed by atoms with Crippen LogP contribution in [0.15, 0.2) is 21.5 Å². The quantitative estimate of drug-likeness (QED) is 0.928. The average Bonchev–Trinajstić information content (AvgIpc) is 2.76. The van der Waals surface area contributed by atoms with E-state index in [2.05, 4.69) is 14.3 Å². The van der Waals surface area contributed by atoms with Crippen molar-refractivity contribution in [2.75, 3.05) is 0 Å². The lowest BCUT2D eigenvalue weighted by Crippen LogP contribution is -2.01. The van der Waals surface area contributed by atoms with Gasteiger partial charge in [0.05, 0.1) is 11.3 Å². The fraction of sp³-hybridized carbons (Fsp3) is 0.273. The minimum atomic E-state index is -0.958. The van der Waals surface area contributed by atoms with Crippen LogP contribution in [0.4, 0.5) is 0 Å². The maximum atomic E-state index is 10.9. The molecule has 7 heteroatoms. The average molecular weight is 281 g/mol. The molecule has 0 atom stereocenters. The highest BCUT2D eigenvalue weighted by Crippen LogP contribution is 2.28. The predicted molar refractivity (Wildman–Crippen MR) is 69.3 cm³/mol. The molecule has 0 amide bonds. The van der Waals surface area contributed by atoms with Gasteiger partial charge in [0.25, 0.3) is 0 Å². The molecule has 0 aromatic carbocycles. The van der Waals surface area contributed by atoms with Gasteiger partial charge in [0, 0.05) is 6.42 Å². The molecule has 0 spiro atoms. The van der Waals surface area contributed by atoms with Crippen LogP contribution >= 0.6 is 23.3 Å². The molecule has 94 valence electrons. The van der Waals surface area contributed by atoms with Crippen molar-refractivity contribution in [3.05, 3.63) is 29.2 Å². The van der Waals surface area contributed by atoms with E-state index in [9.17, 15) is 4.79 Å². The van der Waals surface area contributed by atoms with Crippen molar-refractivity contribution in [2.45, 2.75) is 29.6 Å². The van der Waals surface area contributed by atoms with Crippen molar-refractivity contribution < 1.29 is 9.90 Å². The third-order valence-electron chi connectivity index (χ3n) is 2.25. The van der Waals surface area contributed by atoms with Crippen LogP contribution in [0.2, 0.25) is 0 Å². The number of aryl methyl sites for hydroxylation is 2. The first-order valence-corrected chi connectivity index (χ1v) is 6.90. The first kappa shape index (κ1) is 13.0. The lowest BCUT2D eigenvalue weighted by molar-refractivity contribution is 0.0695. The molecule has 2 heterocycles. The van der Waals surface area contributed by atoms with Gasteiger partial charge < -0.3 is 5.11 Å². The molecule has 0 unspecified atom stereocenters. The molecule has 0 fully saturated rings. The maximum Gasteiger partial charge on any atom is 0.337 e. The van der Waals surface area contributed by atoms with E-state index < -0.39 is 5.97 Å². The molecular weight excluding hydrogens is 270 g/mol. The van der Waals surface area contributed by atoms with Crippen LogP contribution in [0.1, 0.15) is 28.8 Å². The van der Waals surface area contributed by atoms with Crippen molar-refractivity contribution in [3.63, 3.8) is 0 Å².